The lowest BCUT2D eigenvalue weighted by Gasteiger charge is -2.41. The summed E-state index contributed by atoms with van der Waals surface area (Å²) >= 11 is 0. The van der Waals surface area contributed by atoms with Crippen LogP contribution in [0.3, 0.4) is 0 Å². The highest BCUT2D eigenvalue weighted by Crippen LogP contribution is 2.30. The van der Waals surface area contributed by atoms with Crippen molar-refractivity contribution >= 4 is 0 Å². The van der Waals surface area contributed by atoms with E-state index in [9.17, 15) is 0 Å². The fourth-order valence-corrected chi connectivity index (χ4v) is 3.78. The van der Waals surface area contributed by atoms with Crippen molar-refractivity contribution in [3.05, 3.63) is 0 Å². The monoisotopic (exact) mass is 253 g/mol. The predicted molar refractivity (Wildman–Crippen MR) is 77.7 cm³/mol. The lowest BCUT2D eigenvalue weighted by atomic mass is 9.96. The number of rotatable bonds is 5. The molecule has 1 saturated carbocycles. The molecule has 1 unspecified atom stereocenters. The van der Waals surface area contributed by atoms with Crippen LogP contribution in [0.4, 0.5) is 0 Å². The zero-order chi connectivity index (χ0) is 13.0. The van der Waals surface area contributed by atoms with E-state index in [1.807, 2.05) is 0 Å². The lowest BCUT2D eigenvalue weighted by Crippen LogP contribution is -2.54. The zero-order valence-corrected chi connectivity index (χ0v) is 12.3. The third-order valence-electron chi connectivity index (χ3n) is 4.68. The standard InChI is InChI=1S/C15H31N3/c1-13(2)12-17-7-9-18(10-8-17)15(11-16)14-5-3-4-6-14/h13-15H,3-12,16H2,1-2H3. The summed E-state index contributed by atoms with van der Waals surface area (Å²) in [6.07, 6.45) is 5.67. The van der Waals surface area contributed by atoms with Gasteiger partial charge in [0.1, 0.15) is 0 Å². The van der Waals surface area contributed by atoms with Gasteiger partial charge in [0.05, 0.1) is 0 Å². The Kier molecular flexibility index (Phi) is 5.46. The normalized spacial score (nSPS) is 26.0. The number of nitrogens with zero attached hydrogens (tertiary/aromatic N) is 2. The molecule has 2 rings (SSSR count). The summed E-state index contributed by atoms with van der Waals surface area (Å²) in [5.74, 6) is 1.67. The molecule has 2 N–H and O–H groups in total. The summed E-state index contributed by atoms with van der Waals surface area (Å²) < 4.78 is 0. The molecule has 0 amide bonds. The third kappa shape index (κ3) is 3.69. The van der Waals surface area contributed by atoms with Crippen molar-refractivity contribution in [3.8, 4) is 0 Å². The summed E-state index contributed by atoms with van der Waals surface area (Å²) in [6.45, 7) is 11.7. The Bertz CT molecular complexity index is 228. The van der Waals surface area contributed by atoms with E-state index in [4.69, 9.17) is 5.73 Å². The molecule has 0 aromatic carbocycles. The molecule has 2 fully saturated rings. The second-order valence-corrected chi connectivity index (χ2v) is 6.58. The minimum Gasteiger partial charge on any atom is -0.329 e. The third-order valence-corrected chi connectivity index (χ3v) is 4.68. The van der Waals surface area contributed by atoms with Gasteiger partial charge in [-0.1, -0.05) is 26.7 Å². The van der Waals surface area contributed by atoms with Crippen LogP contribution in [0.25, 0.3) is 0 Å². The molecule has 3 nitrogen and oxygen atoms in total. The maximum atomic E-state index is 6.04. The van der Waals surface area contributed by atoms with Gasteiger partial charge in [0, 0.05) is 45.3 Å². The van der Waals surface area contributed by atoms with Crippen LogP contribution in [0.5, 0.6) is 0 Å². The Hall–Kier alpha value is -0.120. The summed E-state index contributed by atoms with van der Waals surface area (Å²) in [4.78, 5) is 5.29. The molecule has 1 aliphatic heterocycles. The van der Waals surface area contributed by atoms with Crippen LogP contribution < -0.4 is 5.73 Å². The van der Waals surface area contributed by atoms with Gasteiger partial charge in [0.15, 0.2) is 0 Å². The lowest BCUT2D eigenvalue weighted by molar-refractivity contribution is 0.0684. The van der Waals surface area contributed by atoms with Crippen molar-refractivity contribution in [1.82, 2.24) is 9.80 Å². The van der Waals surface area contributed by atoms with E-state index in [0.29, 0.717) is 6.04 Å². The van der Waals surface area contributed by atoms with E-state index >= 15 is 0 Å². The van der Waals surface area contributed by atoms with Crippen LogP contribution in [-0.4, -0.2) is 55.1 Å². The van der Waals surface area contributed by atoms with Crippen molar-refractivity contribution in [2.45, 2.75) is 45.6 Å². The van der Waals surface area contributed by atoms with Gasteiger partial charge in [0.2, 0.25) is 0 Å². The molecule has 3 heteroatoms. The maximum absolute atomic E-state index is 6.04. The van der Waals surface area contributed by atoms with Crippen molar-refractivity contribution in [2.75, 3.05) is 39.3 Å². The fourth-order valence-electron chi connectivity index (χ4n) is 3.78. The zero-order valence-electron chi connectivity index (χ0n) is 12.3. The van der Waals surface area contributed by atoms with Gasteiger partial charge in [-0.2, -0.15) is 0 Å². The molecule has 2 aliphatic rings. The Morgan fingerprint density at radius 1 is 1.06 bits per heavy atom. The first-order chi connectivity index (χ1) is 8.70. The fraction of sp³-hybridized carbons (Fsp3) is 1.00. The average molecular weight is 253 g/mol. The quantitative estimate of drug-likeness (QED) is 0.810. The number of nitrogens with two attached hydrogens (primary N) is 1. The molecule has 0 aromatic heterocycles. The minimum absolute atomic E-state index is 0.661. The Morgan fingerprint density at radius 3 is 2.17 bits per heavy atom. The molecule has 1 aliphatic carbocycles. The van der Waals surface area contributed by atoms with E-state index in [1.165, 1.54) is 58.4 Å². The number of hydrogen-bond acceptors (Lipinski definition) is 3. The van der Waals surface area contributed by atoms with Crippen LogP contribution in [0.1, 0.15) is 39.5 Å². The van der Waals surface area contributed by atoms with E-state index in [0.717, 1.165) is 18.4 Å². The second-order valence-electron chi connectivity index (χ2n) is 6.58. The molecule has 1 saturated heterocycles. The van der Waals surface area contributed by atoms with E-state index < -0.39 is 0 Å². The molecule has 106 valence electrons. The van der Waals surface area contributed by atoms with E-state index in [1.54, 1.807) is 0 Å². The van der Waals surface area contributed by atoms with Crippen LogP contribution in [0.15, 0.2) is 0 Å². The van der Waals surface area contributed by atoms with Crippen LogP contribution >= 0.6 is 0 Å². The molecule has 0 bridgehead atoms. The Labute approximate surface area is 113 Å². The SMILES string of the molecule is CC(C)CN1CCN(C(CN)C2CCCC2)CC1. The van der Waals surface area contributed by atoms with Crippen molar-refractivity contribution in [1.29, 1.82) is 0 Å². The van der Waals surface area contributed by atoms with Crippen LogP contribution in [0, 0.1) is 11.8 Å². The van der Waals surface area contributed by atoms with Crippen molar-refractivity contribution in [2.24, 2.45) is 17.6 Å². The molecule has 18 heavy (non-hydrogen) atoms. The molecule has 1 heterocycles. The van der Waals surface area contributed by atoms with Crippen molar-refractivity contribution < 1.29 is 0 Å². The summed E-state index contributed by atoms with van der Waals surface area (Å²) in [6, 6.07) is 0.661. The molecular formula is C15H31N3. The minimum atomic E-state index is 0.661. The first kappa shape index (κ1) is 14.3. The highest BCUT2D eigenvalue weighted by Gasteiger charge is 2.30. The summed E-state index contributed by atoms with van der Waals surface area (Å²) in [5, 5.41) is 0. The Balaban J connectivity index is 1.80. The smallest absolute Gasteiger partial charge is 0.0247 e. The van der Waals surface area contributed by atoms with Gasteiger partial charge >= 0.3 is 0 Å². The predicted octanol–water partition coefficient (Wildman–Crippen LogP) is 1.78. The van der Waals surface area contributed by atoms with Crippen LogP contribution in [-0.2, 0) is 0 Å². The van der Waals surface area contributed by atoms with Gasteiger partial charge in [0.25, 0.3) is 0 Å². The van der Waals surface area contributed by atoms with E-state index in [2.05, 4.69) is 23.6 Å². The highest BCUT2D eigenvalue weighted by atomic mass is 15.3. The molecule has 0 aromatic rings. The van der Waals surface area contributed by atoms with E-state index in [-0.39, 0.29) is 0 Å². The summed E-state index contributed by atoms with van der Waals surface area (Å²) in [7, 11) is 0. The van der Waals surface area contributed by atoms with Crippen LogP contribution in [0.2, 0.25) is 0 Å². The highest BCUT2D eigenvalue weighted by molar-refractivity contribution is 4.86. The number of piperazine rings is 1. The number of hydrogen-bond donors (Lipinski definition) is 1. The molecular weight excluding hydrogens is 222 g/mol. The molecule has 0 radical (unpaired) electrons. The average Bonchev–Trinajstić information content (AvgIpc) is 2.85. The topological polar surface area (TPSA) is 32.5 Å². The Morgan fingerprint density at radius 2 is 1.67 bits per heavy atom. The van der Waals surface area contributed by atoms with Gasteiger partial charge < -0.3 is 10.6 Å². The van der Waals surface area contributed by atoms with Crippen molar-refractivity contribution in [3.63, 3.8) is 0 Å². The molecule has 1 atom stereocenters. The van der Waals surface area contributed by atoms with Gasteiger partial charge in [-0.25, -0.2) is 0 Å². The van der Waals surface area contributed by atoms with Gasteiger partial charge in [-0.05, 0) is 24.7 Å². The summed E-state index contributed by atoms with van der Waals surface area (Å²) in [5.41, 5.74) is 6.04. The van der Waals surface area contributed by atoms with Gasteiger partial charge in [-0.3, -0.25) is 4.90 Å². The molecule has 0 spiro atoms. The maximum Gasteiger partial charge on any atom is 0.0247 e. The first-order valence-electron chi connectivity index (χ1n) is 7.87. The largest absolute Gasteiger partial charge is 0.329 e. The first-order valence-corrected chi connectivity index (χ1v) is 7.87. The van der Waals surface area contributed by atoms with Gasteiger partial charge in [-0.15, -0.1) is 0 Å². The second kappa shape index (κ2) is 6.88.